The van der Waals surface area contributed by atoms with Gasteiger partial charge in [0.2, 0.25) is 0 Å². The highest BCUT2D eigenvalue weighted by Crippen LogP contribution is 2.34. The fourth-order valence-electron chi connectivity index (χ4n) is 3.69. The van der Waals surface area contributed by atoms with E-state index in [-0.39, 0.29) is 0 Å². The summed E-state index contributed by atoms with van der Waals surface area (Å²) >= 11 is -2.21. The Hall–Kier alpha value is -4.21. The van der Waals surface area contributed by atoms with Crippen molar-refractivity contribution in [3.63, 3.8) is 0 Å². The van der Waals surface area contributed by atoms with Crippen molar-refractivity contribution in [3.05, 3.63) is 97.1 Å². The Morgan fingerprint density at radius 1 is 0.882 bits per heavy atom. The Bertz CT molecular complexity index is 1470. The van der Waals surface area contributed by atoms with E-state index in [1.54, 1.807) is 18.5 Å². The highest BCUT2D eigenvalue weighted by Gasteiger charge is 2.15. The third-order valence-corrected chi connectivity index (χ3v) is 5.58. The number of hydrogen-bond acceptors (Lipinski definition) is 6. The summed E-state index contributed by atoms with van der Waals surface area (Å²) in [6.07, 6.45) is 4.84. The van der Waals surface area contributed by atoms with Gasteiger partial charge in [-0.05, 0) is 35.4 Å². The zero-order chi connectivity index (χ0) is 23.3. The molecule has 0 aliphatic carbocycles. The van der Waals surface area contributed by atoms with Gasteiger partial charge in [0.05, 0.1) is 35.0 Å². The van der Waals surface area contributed by atoms with Crippen LogP contribution in [-0.4, -0.2) is 28.7 Å². The van der Waals surface area contributed by atoms with Gasteiger partial charge in [0, 0.05) is 18.0 Å². The molecule has 0 radical (unpaired) electrons. The molecular formula is C25H20N6O2S. The van der Waals surface area contributed by atoms with Gasteiger partial charge in [0.25, 0.3) is 11.3 Å². The highest BCUT2D eigenvalue weighted by molar-refractivity contribution is 7.80. The second-order valence-electron chi connectivity index (χ2n) is 7.45. The summed E-state index contributed by atoms with van der Waals surface area (Å²) in [7, 11) is 0. The summed E-state index contributed by atoms with van der Waals surface area (Å²) in [5.74, 6) is 1.11. The lowest BCUT2D eigenvalue weighted by molar-refractivity contribution is 0.570. The summed E-state index contributed by atoms with van der Waals surface area (Å²) in [6, 6.07) is 23.5. The Morgan fingerprint density at radius 2 is 1.74 bits per heavy atom. The number of benzene rings is 2. The fraction of sp³-hybridized carbons (Fsp3) is 0.0400. The first-order valence-electron chi connectivity index (χ1n) is 10.5. The first-order chi connectivity index (χ1) is 16.7. The zero-order valence-electron chi connectivity index (χ0n) is 17.9. The molecule has 0 spiro atoms. The lowest BCUT2D eigenvalue weighted by Crippen LogP contribution is -2.06. The molecule has 8 nitrogen and oxygen atoms in total. The molecule has 34 heavy (non-hydrogen) atoms. The quantitative estimate of drug-likeness (QED) is 0.291. The van der Waals surface area contributed by atoms with Crippen molar-refractivity contribution in [3.8, 4) is 22.5 Å². The van der Waals surface area contributed by atoms with Crippen LogP contribution in [0, 0.1) is 0 Å². The molecule has 2 aromatic carbocycles. The van der Waals surface area contributed by atoms with Crippen LogP contribution in [0.3, 0.4) is 0 Å². The van der Waals surface area contributed by atoms with Gasteiger partial charge in [0.1, 0.15) is 5.82 Å². The Morgan fingerprint density at radius 3 is 2.53 bits per heavy atom. The van der Waals surface area contributed by atoms with Crippen molar-refractivity contribution in [2.45, 2.75) is 6.54 Å². The molecule has 0 bridgehead atoms. The van der Waals surface area contributed by atoms with Crippen molar-refractivity contribution in [2.75, 3.05) is 10.0 Å². The maximum Gasteiger partial charge on any atom is 0.259 e. The van der Waals surface area contributed by atoms with E-state index >= 15 is 0 Å². The number of aromatic nitrogens is 4. The molecule has 0 aliphatic rings. The molecule has 9 heteroatoms. The predicted molar refractivity (Wildman–Crippen MR) is 134 cm³/mol. The Balaban J connectivity index is 1.65. The Kier molecular flexibility index (Phi) is 6.19. The van der Waals surface area contributed by atoms with Gasteiger partial charge in [-0.3, -0.25) is 19.2 Å². The van der Waals surface area contributed by atoms with E-state index in [0.717, 1.165) is 27.7 Å². The minimum Gasteiger partial charge on any atom is -0.364 e. The van der Waals surface area contributed by atoms with Crippen LogP contribution in [0.25, 0.3) is 33.4 Å². The normalized spacial score (nSPS) is 11.8. The maximum absolute atomic E-state index is 11.2. The molecule has 1 atom stereocenters. The molecule has 5 aromatic rings. The van der Waals surface area contributed by atoms with Crippen LogP contribution in [0.15, 0.2) is 91.4 Å². The van der Waals surface area contributed by atoms with E-state index in [4.69, 9.17) is 14.5 Å². The lowest BCUT2D eigenvalue weighted by Gasteiger charge is -2.14. The van der Waals surface area contributed by atoms with E-state index in [9.17, 15) is 4.21 Å². The number of nitrogens with zero attached hydrogens (tertiary/aromatic N) is 4. The van der Waals surface area contributed by atoms with Crippen LogP contribution in [0.5, 0.6) is 0 Å². The SMILES string of the molecule is O=S(O)Nc1cncc(-c2nc(NCc3ccccn3)c3c(-c4ccccc4)cccc3n2)c1. The summed E-state index contributed by atoms with van der Waals surface area (Å²) in [6.45, 7) is 0.485. The summed E-state index contributed by atoms with van der Waals surface area (Å²) < 4.78 is 22.7. The molecule has 5 rings (SSSR count). The number of hydrogen-bond donors (Lipinski definition) is 3. The van der Waals surface area contributed by atoms with E-state index in [2.05, 4.69) is 38.2 Å². The molecule has 3 heterocycles. The average molecular weight is 469 g/mol. The molecule has 168 valence electrons. The standard InChI is InChI=1S/C25H20N6O2S/c32-34(33)31-20-13-18(14-26-15-20)24-29-22-11-6-10-21(17-7-2-1-3-8-17)23(22)25(30-24)28-16-19-9-4-5-12-27-19/h1-15,31H,16H2,(H,32,33)(H,28,29,30). The van der Waals surface area contributed by atoms with Crippen molar-refractivity contribution in [2.24, 2.45) is 0 Å². The van der Waals surface area contributed by atoms with Crippen molar-refractivity contribution in [1.29, 1.82) is 0 Å². The predicted octanol–water partition coefficient (Wildman–Crippen LogP) is 4.91. The van der Waals surface area contributed by atoms with Crippen LogP contribution in [0.1, 0.15) is 5.69 Å². The largest absolute Gasteiger partial charge is 0.364 e. The maximum atomic E-state index is 11.2. The van der Waals surface area contributed by atoms with Gasteiger partial charge in [-0.25, -0.2) is 14.2 Å². The minimum atomic E-state index is -2.21. The molecule has 0 fully saturated rings. The summed E-state index contributed by atoms with van der Waals surface area (Å²) in [5, 5.41) is 4.33. The number of nitrogens with one attached hydrogen (secondary N) is 2. The Labute approximate surface area is 198 Å². The monoisotopic (exact) mass is 468 g/mol. The third-order valence-electron chi connectivity index (χ3n) is 5.17. The van der Waals surface area contributed by atoms with Crippen LogP contribution < -0.4 is 10.0 Å². The fourth-order valence-corrected chi connectivity index (χ4v) is 4.01. The minimum absolute atomic E-state index is 0.392. The van der Waals surface area contributed by atoms with Crippen molar-refractivity contribution < 1.29 is 8.76 Å². The summed E-state index contributed by atoms with van der Waals surface area (Å²) in [4.78, 5) is 18.2. The first kappa shape index (κ1) is 21.6. The number of fused-ring (bicyclic) bond motifs is 1. The number of pyridine rings is 2. The van der Waals surface area contributed by atoms with Gasteiger partial charge in [-0.15, -0.1) is 0 Å². The van der Waals surface area contributed by atoms with Crippen LogP contribution in [0.4, 0.5) is 11.5 Å². The van der Waals surface area contributed by atoms with Crippen LogP contribution in [-0.2, 0) is 17.8 Å². The molecule has 0 saturated heterocycles. The molecular weight excluding hydrogens is 448 g/mol. The third kappa shape index (κ3) is 4.75. The van der Waals surface area contributed by atoms with Gasteiger partial charge in [0.15, 0.2) is 5.82 Å². The average Bonchev–Trinajstić information content (AvgIpc) is 2.87. The second-order valence-corrected chi connectivity index (χ2v) is 8.15. The van der Waals surface area contributed by atoms with Gasteiger partial charge in [-0.1, -0.05) is 48.5 Å². The highest BCUT2D eigenvalue weighted by atomic mass is 32.2. The van der Waals surface area contributed by atoms with E-state index in [1.807, 2.05) is 48.5 Å². The van der Waals surface area contributed by atoms with E-state index < -0.39 is 11.3 Å². The van der Waals surface area contributed by atoms with Gasteiger partial charge in [-0.2, -0.15) is 0 Å². The van der Waals surface area contributed by atoms with E-state index in [1.165, 1.54) is 6.20 Å². The molecule has 3 aromatic heterocycles. The van der Waals surface area contributed by atoms with Crippen molar-refractivity contribution in [1.82, 2.24) is 19.9 Å². The molecule has 0 saturated carbocycles. The van der Waals surface area contributed by atoms with Crippen LogP contribution >= 0.6 is 0 Å². The lowest BCUT2D eigenvalue weighted by atomic mass is 10.0. The van der Waals surface area contributed by atoms with Crippen molar-refractivity contribution >= 4 is 33.7 Å². The smallest absolute Gasteiger partial charge is 0.259 e. The molecule has 3 N–H and O–H groups in total. The molecule has 0 aliphatic heterocycles. The first-order valence-corrected chi connectivity index (χ1v) is 11.6. The second kappa shape index (κ2) is 9.74. The molecule has 1 unspecified atom stereocenters. The van der Waals surface area contributed by atoms with Crippen LogP contribution in [0.2, 0.25) is 0 Å². The van der Waals surface area contributed by atoms with Gasteiger partial charge >= 0.3 is 0 Å². The van der Waals surface area contributed by atoms with Gasteiger partial charge < -0.3 is 5.32 Å². The number of rotatable bonds is 7. The summed E-state index contributed by atoms with van der Waals surface area (Å²) in [5.41, 5.74) is 4.72. The topological polar surface area (TPSA) is 113 Å². The van der Waals surface area contributed by atoms with E-state index in [0.29, 0.717) is 29.4 Å². The zero-order valence-corrected chi connectivity index (χ0v) is 18.7. The number of anilines is 2. The molecule has 0 amide bonds.